The SMILES string of the molecule is Cc1occc1C(Cc1cnccc1N)NN. The predicted octanol–water partition coefficient (Wildman–Crippen LogP) is 1.31. The molecule has 1 unspecified atom stereocenters. The van der Waals surface area contributed by atoms with Crippen molar-refractivity contribution in [1.82, 2.24) is 10.4 Å². The molecule has 5 heteroatoms. The topological polar surface area (TPSA) is 90.1 Å². The number of hydrogen-bond donors (Lipinski definition) is 3. The van der Waals surface area contributed by atoms with Gasteiger partial charge in [0.1, 0.15) is 5.76 Å². The van der Waals surface area contributed by atoms with Crippen molar-refractivity contribution in [3.05, 3.63) is 47.7 Å². The zero-order valence-corrected chi connectivity index (χ0v) is 9.68. The Balaban J connectivity index is 2.22. The Morgan fingerprint density at radius 3 is 2.88 bits per heavy atom. The van der Waals surface area contributed by atoms with E-state index >= 15 is 0 Å². The van der Waals surface area contributed by atoms with Crippen molar-refractivity contribution < 1.29 is 4.42 Å². The van der Waals surface area contributed by atoms with Gasteiger partial charge < -0.3 is 10.2 Å². The number of aryl methyl sites for hydroxylation is 1. The van der Waals surface area contributed by atoms with E-state index in [0.717, 1.165) is 22.6 Å². The van der Waals surface area contributed by atoms with Gasteiger partial charge >= 0.3 is 0 Å². The molecule has 5 nitrogen and oxygen atoms in total. The normalized spacial score (nSPS) is 12.6. The Labute approximate surface area is 99.8 Å². The van der Waals surface area contributed by atoms with Crippen LogP contribution in [-0.4, -0.2) is 4.98 Å². The van der Waals surface area contributed by atoms with Crippen LogP contribution >= 0.6 is 0 Å². The van der Waals surface area contributed by atoms with Gasteiger partial charge in [-0.1, -0.05) is 0 Å². The van der Waals surface area contributed by atoms with Gasteiger partial charge in [0.05, 0.1) is 12.3 Å². The molecular weight excluding hydrogens is 216 g/mol. The number of pyridine rings is 1. The van der Waals surface area contributed by atoms with Crippen molar-refractivity contribution in [2.24, 2.45) is 5.84 Å². The first-order valence-electron chi connectivity index (χ1n) is 5.41. The number of nitrogen functional groups attached to an aromatic ring is 1. The van der Waals surface area contributed by atoms with Crippen LogP contribution in [0.15, 0.2) is 35.2 Å². The molecule has 0 aliphatic carbocycles. The van der Waals surface area contributed by atoms with E-state index in [1.54, 1.807) is 24.7 Å². The van der Waals surface area contributed by atoms with E-state index in [1.165, 1.54) is 0 Å². The second-order valence-electron chi connectivity index (χ2n) is 3.93. The highest BCUT2D eigenvalue weighted by molar-refractivity contribution is 5.45. The lowest BCUT2D eigenvalue weighted by molar-refractivity contribution is 0.502. The summed E-state index contributed by atoms with van der Waals surface area (Å²) >= 11 is 0. The molecule has 0 radical (unpaired) electrons. The molecule has 0 aliphatic heterocycles. The van der Waals surface area contributed by atoms with E-state index in [2.05, 4.69) is 10.4 Å². The number of nitrogens with zero attached hydrogens (tertiary/aromatic N) is 1. The number of nitrogens with two attached hydrogens (primary N) is 2. The average Bonchev–Trinajstić information content (AvgIpc) is 2.75. The van der Waals surface area contributed by atoms with Gasteiger partial charge in [0, 0.05) is 23.6 Å². The molecule has 2 heterocycles. The molecular formula is C12H16N4O. The maximum Gasteiger partial charge on any atom is 0.105 e. The molecule has 0 spiro atoms. The van der Waals surface area contributed by atoms with Crippen molar-refractivity contribution in [2.45, 2.75) is 19.4 Å². The minimum absolute atomic E-state index is 0.0275. The monoisotopic (exact) mass is 232 g/mol. The summed E-state index contributed by atoms with van der Waals surface area (Å²) < 4.78 is 5.27. The smallest absolute Gasteiger partial charge is 0.105 e. The summed E-state index contributed by atoms with van der Waals surface area (Å²) in [5.41, 5.74) is 11.4. The number of hydrogen-bond acceptors (Lipinski definition) is 5. The Morgan fingerprint density at radius 2 is 2.29 bits per heavy atom. The molecule has 2 aromatic heterocycles. The first kappa shape index (κ1) is 11.6. The van der Waals surface area contributed by atoms with Gasteiger partial charge in [0.2, 0.25) is 0 Å². The first-order chi connectivity index (χ1) is 8.22. The molecule has 0 bridgehead atoms. The van der Waals surface area contributed by atoms with Crippen molar-refractivity contribution in [3.63, 3.8) is 0 Å². The van der Waals surface area contributed by atoms with Crippen LogP contribution in [0.1, 0.15) is 22.9 Å². The number of aromatic nitrogens is 1. The standard InChI is InChI=1S/C12H16N4O/c1-8-10(3-5-17-8)12(16-14)6-9-7-15-4-2-11(9)13/h2-5,7,12,16H,6,14H2,1H3,(H2,13,15). The van der Waals surface area contributed by atoms with Gasteiger partial charge in [0.25, 0.3) is 0 Å². The van der Waals surface area contributed by atoms with E-state index in [1.807, 2.05) is 13.0 Å². The third-order valence-corrected chi connectivity index (χ3v) is 2.84. The summed E-state index contributed by atoms with van der Waals surface area (Å²) in [4.78, 5) is 4.06. The number of furan rings is 1. The zero-order chi connectivity index (χ0) is 12.3. The molecule has 5 N–H and O–H groups in total. The van der Waals surface area contributed by atoms with Gasteiger partial charge in [-0.3, -0.25) is 16.3 Å². The molecule has 90 valence electrons. The molecule has 1 atom stereocenters. The molecule has 0 saturated carbocycles. The Kier molecular flexibility index (Phi) is 3.41. The molecule has 2 aromatic rings. The largest absolute Gasteiger partial charge is 0.469 e. The van der Waals surface area contributed by atoms with Crippen LogP contribution in [0.2, 0.25) is 0 Å². The van der Waals surface area contributed by atoms with Crippen LogP contribution < -0.4 is 17.0 Å². The number of anilines is 1. The lowest BCUT2D eigenvalue weighted by atomic mass is 10.0. The molecule has 17 heavy (non-hydrogen) atoms. The molecule has 0 saturated heterocycles. The number of nitrogens with one attached hydrogen (secondary N) is 1. The van der Waals surface area contributed by atoms with Crippen LogP contribution in [0.25, 0.3) is 0 Å². The lowest BCUT2D eigenvalue weighted by Crippen LogP contribution is -2.30. The minimum Gasteiger partial charge on any atom is -0.469 e. The second kappa shape index (κ2) is 4.99. The average molecular weight is 232 g/mol. The highest BCUT2D eigenvalue weighted by Crippen LogP contribution is 2.23. The van der Waals surface area contributed by atoms with E-state index in [-0.39, 0.29) is 6.04 Å². The summed E-state index contributed by atoms with van der Waals surface area (Å²) in [6, 6.07) is 3.66. The van der Waals surface area contributed by atoms with Crippen LogP contribution in [0, 0.1) is 6.92 Å². The fourth-order valence-electron chi connectivity index (χ4n) is 1.84. The summed E-state index contributed by atoms with van der Waals surface area (Å²) in [6.07, 6.45) is 5.76. The van der Waals surface area contributed by atoms with Crippen LogP contribution in [0.4, 0.5) is 5.69 Å². The fourth-order valence-corrected chi connectivity index (χ4v) is 1.84. The van der Waals surface area contributed by atoms with Crippen LogP contribution in [-0.2, 0) is 6.42 Å². The zero-order valence-electron chi connectivity index (χ0n) is 9.68. The minimum atomic E-state index is -0.0275. The first-order valence-corrected chi connectivity index (χ1v) is 5.41. The van der Waals surface area contributed by atoms with Gasteiger partial charge in [0.15, 0.2) is 0 Å². The van der Waals surface area contributed by atoms with Crippen LogP contribution in [0.3, 0.4) is 0 Å². The molecule has 0 fully saturated rings. The summed E-state index contributed by atoms with van der Waals surface area (Å²) in [6.45, 7) is 1.91. The maximum absolute atomic E-state index is 5.88. The summed E-state index contributed by atoms with van der Waals surface area (Å²) in [5, 5.41) is 0. The van der Waals surface area contributed by atoms with Crippen molar-refractivity contribution >= 4 is 5.69 Å². The van der Waals surface area contributed by atoms with E-state index < -0.39 is 0 Å². The number of rotatable bonds is 4. The highest BCUT2D eigenvalue weighted by Gasteiger charge is 2.16. The van der Waals surface area contributed by atoms with Crippen molar-refractivity contribution in [3.8, 4) is 0 Å². The molecule has 2 rings (SSSR count). The van der Waals surface area contributed by atoms with Gasteiger partial charge in [-0.25, -0.2) is 0 Å². The quantitative estimate of drug-likeness (QED) is 0.546. The summed E-state index contributed by atoms with van der Waals surface area (Å²) in [7, 11) is 0. The van der Waals surface area contributed by atoms with Crippen molar-refractivity contribution in [1.29, 1.82) is 0 Å². The third-order valence-electron chi connectivity index (χ3n) is 2.84. The molecule has 0 aliphatic rings. The Bertz CT molecular complexity index is 495. The van der Waals surface area contributed by atoms with E-state index in [9.17, 15) is 0 Å². The van der Waals surface area contributed by atoms with Crippen LogP contribution in [0.5, 0.6) is 0 Å². The predicted molar refractivity (Wildman–Crippen MR) is 65.9 cm³/mol. The molecule has 0 aromatic carbocycles. The number of hydrazine groups is 1. The second-order valence-corrected chi connectivity index (χ2v) is 3.93. The Hall–Kier alpha value is -1.85. The van der Waals surface area contributed by atoms with Gasteiger partial charge in [-0.2, -0.15) is 0 Å². The lowest BCUT2D eigenvalue weighted by Gasteiger charge is -2.16. The maximum atomic E-state index is 5.88. The van der Waals surface area contributed by atoms with Crippen molar-refractivity contribution in [2.75, 3.05) is 5.73 Å². The van der Waals surface area contributed by atoms with E-state index in [0.29, 0.717) is 6.42 Å². The van der Waals surface area contributed by atoms with Gasteiger partial charge in [-0.15, -0.1) is 0 Å². The van der Waals surface area contributed by atoms with Gasteiger partial charge in [-0.05, 0) is 31.0 Å². The van der Waals surface area contributed by atoms with E-state index in [4.69, 9.17) is 16.0 Å². The highest BCUT2D eigenvalue weighted by atomic mass is 16.3. The summed E-state index contributed by atoms with van der Waals surface area (Å²) in [5.74, 6) is 6.43. The Morgan fingerprint density at radius 1 is 1.47 bits per heavy atom. The fraction of sp³-hybridized carbons (Fsp3) is 0.250. The third kappa shape index (κ3) is 2.46. The molecule has 0 amide bonds.